The molecule has 5 atom stereocenters. The van der Waals surface area contributed by atoms with Crippen LogP contribution in [0.5, 0.6) is 0 Å². The van der Waals surface area contributed by atoms with Crippen molar-refractivity contribution in [3.63, 3.8) is 0 Å². The van der Waals surface area contributed by atoms with Gasteiger partial charge in [-0.2, -0.15) is 0 Å². The van der Waals surface area contributed by atoms with E-state index in [2.05, 4.69) is 26.3 Å². The number of carbonyl (C=O) groups excluding carboxylic acids is 4. The Hall–Kier alpha value is -3.22. The first-order chi connectivity index (χ1) is 16.0. The van der Waals surface area contributed by atoms with Gasteiger partial charge in [-0.15, -0.1) is 0 Å². The lowest BCUT2D eigenvalue weighted by atomic mass is 9.65. The topological polar surface area (TPSA) is 218 Å². The number of rotatable bonds is 14. The van der Waals surface area contributed by atoms with Crippen LogP contribution in [0.15, 0.2) is 4.99 Å². The number of nitrogens with one attached hydrogen (secondary N) is 4. The van der Waals surface area contributed by atoms with Gasteiger partial charge in [0, 0.05) is 19.5 Å². The molecule has 34 heavy (non-hydrogen) atoms. The summed E-state index contributed by atoms with van der Waals surface area (Å²) >= 11 is 0. The number of carbonyl (C=O) groups is 5. The molecule has 3 amide bonds. The molecule has 0 bridgehead atoms. The van der Waals surface area contributed by atoms with E-state index in [1.165, 1.54) is 7.05 Å². The van der Waals surface area contributed by atoms with Crippen LogP contribution in [-0.2, 0) is 24.0 Å². The number of carboxylic acids is 1. The molecule has 1 aliphatic rings. The van der Waals surface area contributed by atoms with Crippen LogP contribution >= 0.6 is 0 Å². The molecule has 1 saturated carbocycles. The summed E-state index contributed by atoms with van der Waals surface area (Å²) in [4.78, 5) is 63.7. The lowest BCUT2D eigenvalue weighted by Crippen LogP contribution is -2.53. The number of Topliss-reactive ketones (excluding diaryl/α,β-unsaturated/α-hetero) is 1. The third-order valence-electron chi connectivity index (χ3n) is 6.04. The predicted molar refractivity (Wildman–Crippen MR) is 124 cm³/mol. The van der Waals surface area contributed by atoms with Crippen molar-refractivity contribution in [1.29, 1.82) is 0 Å². The van der Waals surface area contributed by atoms with Crippen molar-refractivity contribution >= 4 is 35.4 Å². The lowest BCUT2D eigenvalue weighted by Gasteiger charge is -2.39. The number of carboxylic acid groups (broad SMARTS) is 1. The maximum atomic E-state index is 12.4. The first kappa shape index (κ1) is 28.8. The number of guanidine groups is 1. The van der Waals surface area contributed by atoms with Crippen LogP contribution in [0.1, 0.15) is 39.5 Å². The summed E-state index contributed by atoms with van der Waals surface area (Å²) in [7, 11) is 1.53. The molecule has 0 aromatic heterocycles. The second kappa shape index (κ2) is 14.1. The number of amides is 3. The third kappa shape index (κ3) is 9.73. The van der Waals surface area contributed by atoms with Crippen molar-refractivity contribution in [3.05, 3.63) is 0 Å². The Morgan fingerprint density at radius 3 is 2.26 bits per heavy atom. The van der Waals surface area contributed by atoms with Gasteiger partial charge >= 0.3 is 5.97 Å². The van der Waals surface area contributed by atoms with Crippen LogP contribution in [0, 0.1) is 17.8 Å². The monoisotopic (exact) mass is 483 g/mol. The van der Waals surface area contributed by atoms with Crippen LogP contribution in [0.25, 0.3) is 0 Å². The summed E-state index contributed by atoms with van der Waals surface area (Å²) in [6, 6.07) is -2.26. The Morgan fingerprint density at radius 1 is 1.06 bits per heavy atom. The molecule has 0 radical (unpaired) electrons. The summed E-state index contributed by atoms with van der Waals surface area (Å²) in [6.45, 7) is 3.77. The van der Waals surface area contributed by atoms with Gasteiger partial charge in [0.05, 0.1) is 25.6 Å². The summed E-state index contributed by atoms with van der Waals surface area (Å²) < 4.78 is 0. The average Bonchev–Trinajstić information content (AvgIpc) is 2.80. The highest BCUT2D eigenvalue weighted by atomic mass is 16.4. The minimum Gasteiger partial charge on any atom is -0.481 e. The van der Waals surface area contributed by atoms with E-state index in [0.29, 0.717) is 25.3 Å². The van der Waals surface area contributed by atoms with E-state index >= 15 is 0 Å². The van der Waals surface area contributed by atoms with Gasteiger partial charge in [0.25, 0.3) is 0 Å². The van der Waals surface area contributed by atoms with E-state index in [9.17, 15) is 24.0 Å². The Bertz CT molecular complexity index is 788. The van der Waals surface area contributed by atoms with Gasteiger partial charge in [-0.05, 0) is 31.1 Å². The number of nitrogens with zero attached hydrogens (tertiary/aromatic N) is 1. The van der Waals surface area contributed by atoms with Gasteiger partial charge in [-0.25, -0.2) is 0 Å². The van der Waals surface area contributed by atoms with Crippen molar-refractivity contribution in [2.75, 3.05) is 26.7 Å². The fraction of sp³-hybridized carbons (Fsp3) is 0.714. The fourth-order valence-corrected chi connectivity index (χ4v) is 3.56. The third-order valence-corrected chi connectivity index (χ3v) is 6.04. The number of nitrogens with two attached hydrogens (primary N) is 2. The van der Waals surface area contributed by atoms with E-state index in [0.717, 1.165) is 6.42 Å². The molecule has 5 unspecified atom stereocenters. The second-order valence-electron chi connectivity index (χ2n) is 8.58. The fourth-order valence-electron chi connectivity index (χ4n) is 3.56. The van der Waals surface area contributed by atoms with Gasteiger partial charge in [0.1, 0.15) is 6.04 Å². The molecular formula is C21H37N7O6. The molecule has 0 aromatic carbocycles. The molecule has 1 aliphatic carbocycles. The summed E-state index contributed by atoms with van der Waals surface area (Å²) in [5.41, 5.74) is 11.3. The average molecular weight is 484 g/mol. The Kier molecular flexibility index (Phi) is 12.0. The van der Waals surface area contributed by atoms with E-state index in [4.69, 9.17) is 16.6 Å². The van der Waals surface area contributed by atoms with Crippen molar-refractivity contribution in [2.45, 2.75) is 51.6 Å². The molecule has 0 heterocycles. The van der Waals surface area contributed by atoms with Crippen LogP contribution < -0.4 is 32.7 Å². The zero-order chi connectivity index (χ0) is 25.8. The zero-order valence-electron chi connectivity index (χ0n) is 19.9. The van der Waals surface area contributed by atoms with Crippen LogP contribution in [0.3, 0.4) is 0 Å². The lowest BCUT2D eigenvalue weighted by molar-refractivity contribution is -0.141. The smallest absolute Gasteiger partial charge is 0.305 e. The van der Waals surface area contributed by atoms with Crippen LogP contribution in [0.4, 0.5) is 0 Å². The minimum atomic E-state index is -1.39. The molecule has 13 nitrogen and oxygen atoms in total. The SMILES string of the molecule is CN=C(N)NCCCC(N)C(=O)NCC(=O)NC(CC(=O)O)C(=O)NCC(=O)C1CC(C)C1C. The molecule has 0 spiro atoms. The van der Waals surface area contributed by atoms with Gasteiger partial charge < -0.3 is 37.8 Å². The maximum Gasteiger partial charge on any atom is 0.305 e. The number of aliphatic imine (C=N–C) groups is 1. The molecule has 192 valence electrons. The van der Waals surface area contributed by atoms with E-state index in [-0.39, 0.29) is 30.1 Å². The van der Waals surface area contributed by atoms with E-state index in [1.54, 1.807) is 0 Å². The number of aliphatic carboxylic acids is 1. The second-order valence-corrected chi connectivity index (χ2v) is 8.58. The van der Waals surface area contributed by atoms with Gasteiger partial charge in [-0.1, -0.05) is 13.8 Å². The summed E-state index contributed by atoms with van der Waals surface area (Å²) in [5, 5.41) is 18.9. The van der Waals surface area contributed by atoms with Crippen LogP contribution in [0.2, 0.25) is 0 Å². The molecule has 0 aliphatic heterocycles. The molecule has 0 saturated heterocycles. The van der Waals surface area contributed by atoms with Gasteiger partial charge in [-0.3, -0.25) is 29.0 Å². The number of hydrogen-bond acceptors (Lipinski definition) is 7. The standard InChI is InChI=1S/C21H37N7O6/c1-11-7-13(12(11)2)16(29)9-26-20(34)15(8-18(31)32)28-17(30)10-27-19(33)14(22)5-4-6-25-21(23)24-3/h11-15H,4-10,22H2,1-3H3,(H,26,34)(H,27,33)(H,28,30)(H,31,32)(H3,23,24,25). The van der Waals surface area contributed by atoms with E-state index < -0.39 is 48.7 Å². The number of ketones is 1. The normalized spacial score (nSPS) is 21.4. The zero-order valence-corrected chi connectivity index (χ0v) is 19.9. The highest BCUT2D eigenvalue weighted by molar-refractivity contribution is 5.95. The Morgan fingerprint density at radius 2 is 1.71 bits per heavy atom. The first-order valence-electron chi connectivity index (χ1n) is 11.3. The van der Waals surface area contributed by atoms with Crippen molar-refractivity contribution in [3.8, 4) is 0 Å². The predicted octanol–water partition coefficient (Wildman–Crippen LogP) is -2.32. The van der Waals surface area contributed by atoms with Crippen molar-refractivity contribution in [1.82, 2.24) is 21.3 Å². The molecular weight excluding hydrogens is 446 g/mol. The Labute approximate surface area is 198 Å². The quantitative estimate of drug-likeness (QED) is 0.0800. The highest BCUT2D eigenvalue weighted by Gasteiger charge is 2.39. The molecule has 9 N–H and O–H groups in total. The van der Waals surface area contributed by atoms with E-state index in [1.807, 2.05) is 13.8 Å². The highest BCUT2D eigenvalue weighted by Crippen LogP contribution is 2.39. The summed E-state index contributed by atoms with van der Waals surface area (Å²) in [6.07, 6.45) is 0.945. The molecule has 13 heteroatoms. The Balaban J connectivity index is 2.44. The largest absolute Gasteiger partial charge is 0.481 e. The van der Waals surface area contributed by atoms with Crippen molar-refractivity contribution < 1.29 is 29.1 Å². The number of hydrogen-bond donors (Lipinski definition) is 7. The maximum absolute atomic E-state index is 12.4. The first-order valence-corrected chi connectivity index (χ1v) is 11.3. The molecule has 1 rings (SSSR count). The van der Waals surface area contributed by atoms with Crippen molar-refractivity contribution in [2.24, 2.45) is 34.2 Å². The minimum absolute atomic E-state index is 0.125. The van der Waals surface area contributed by atoms with Crippen LogP contribution in [-0.4, -0.2) is 79.3 Å². The molecule has 0 aromatic rings. The summed E-state index contributed by atoms with van der Waals surface area (Å²) in [5.74, 6) is -2.73. The van der Waals surface area contributed by atoms with Gasteiger partial charge in [0.15, 0.2) is 11.7 Å². The van der Waals surface area contributed by atoms with Gasteiger partial charge in [0.2, 0.25) is 17.7 Å². The molecule has 1 fully saturated rings.